The van der Waals surface area contributed by atoms with Crippen molar-refractivity contribution in [3.63, 3.8) is 0 Å². The van der Waals surface area contributed by atoms with Crippen LogP contribution in [-0.2, 0) is 16.8 Å². The molecule has 0 bridgehead atoms. The van der Waals surface area contributed by atoms with Crippen LogP contribution < -0.4 is 15.3 Å². The van der Waals surface area contributed by atoms with E-state index in [1.807, 2.05) is 0 Å². The topological polar surface area (TPSA) is 108 Å². The van der Waals surface area contributed by atoms with Gasteiger partial charge in [-0.15, -0.1) is 0 Å². The minimum absolute atomic E-state index is 0.102. The van der Waals surface area contributed by atoms with Crippen molar-refractivity contribution in [2.45, 2.75) is 19.4 Å². The molecule has 1 aliphatic heterocycles. The van der Waals surface area contributed by atoms with Crippen molar-refractivity contribution in [2.24, 2.45) is 11.7 Å². The largest absolute Gasteiger partial charge is 0.330 e. The van der Waals surface area contributed by atoms with Gasteiger partial charge >= 0.3 is 4.87 Å². The van der Waals surface area contributed by atoms with Crippen LogP contribution in [-0.4, -0.2) is 37.3 Å². The van der Waals surface area contributed by atoms with E-state index in [4.69, 9.17) is 5.73 Å². The van der Waals surface area contributed by atoms with E-state index in [0.717, 1.165) is 24.2 Å². The molecule has 0 aliphatic carbocycles. The van der Waals surface area contributed by atoms with Crippen molar-refractivity contribution in [3.05, 3.63) is 20.7 Å². The van der Waals surface area contributed by atoms with Gasteiger partial charge in [-0.25, -0.2) is 0 Å². The van der Waals surface area contributed by atoms with Gasteiger partial charge < -0.3 is 10.7 Å². The van der Waals surface area contributed by atoms with Crippen LogP contribution in [0.4, 0.5) is 0 Å². The summed E-state index contributed by atoms with van der Waals surface area (Å²) in [5.74, 6) is 0.228. The standard InChI is InChI=1S/C10H18N4O3S2/c11-4-8-2-1-3-14(6-8)19(16,17)12-5-9-7-18-10(15)13-9/h7-8,12H,1-6,11H2,(H,13,15). The summed E-state index contributed by atoms with van der Waals surface area (Å²) in [5, 5.41) is 1.61. The van der Waals surface area contributed by atoms with Crippen LogP contribution in [0.5, 0.6) is 0 Å². The molecule has 0 spiro atoms. The van der Waals surface area contributed by atoms with Gasteiger partial charge in [-0.3, -0.25) is 4.79 Å². The van der Waals surface area contributed by atoms with E-state index in [-0.39, 0.29) is 17.3 Å². The Bertz CT molecular complexity index is 565. The maximum Gasteiger partial charge on any atom is 0.304 e. The second kappa shape index (κ2) is 6.14. The molecule has 0 saturated carbocycles. The summed E-state index contributed by atoms with van der Waals surface area (Å²) in [6.45, 7) is 1.59. The fraction of sp³-hybridized carbons (Fsp3) is 0.700. The average molecular weight is 306 g/mol. The Labute approximate surface area is 116 Å². The zero-order valence-corrected chi connectivity index (χ0v) is 12.1. The van der Waals surface area contributed by atoms with Crippen LogP contribution in [0.15, 0.2) is 10.2 Å². The number of nitrogens with two attached hydrogens (primary N) is 1. The zero-order chi connectivity index (χ0) is 13.9. The average Bonchev–Trinajstić information content (AvgIpc) is 2.82. The van der Waals surface area contributed by atoms with Gasteiger partial charge in [0.2, 0.25) is 0 Å². The van der Waals surface area contributed by atoms with Crippen molar-refractivity contribution < 1.29 is 8.42 Å². The van der Waals surface area contributed by atoms with E-state index in [2.05, 4.69) is 9.71 Å². The van der Waals surface area contributed by atoms with E-state index in [1.165, 1.54) is 4.31 Å². The number of nitrogens with zero attached hydrogens (tertiary/aromatic N) is 1. The van der Waals surface area contributed by atoms with Crippen LogP contribution in [0.3, 0.4) is 0 Å². The normalized spacial score (nSPS) is 21.6. The number of aromatic amines is 1. The van der Waals surface area contributed by atoms with Gasteiger partial charge in [-0.1, -0.05) is 11.3 Å². The number of aromatic nitrogens is 1. The lowest BCUT2D eigenvalue weighted by Gasteiger charge is -2.31. The van der Waals surface area contributed by atoms with E-state index in [1.54, 1.807) is 5.38 Å². The minimum atomic E-state index is -3.50. The number of hydrogen-bond acceptors (Lipinski definition) is 5. The number of H-pyrrole nitrogens is 1. The van der Waals surface area contributed by atoms with Gasteiger partial charge in [0.25, 0.3) is 10.2 Å². The third-order valence-corrected chi connectivity index (χ3v) is 5.41. The van der Waals surface area contributed by atoms with Gasteiger partial charge in [0.05, 0.1) is 6.54 Å². The third kappa shape index (κ3) is 3.86. The highest BCUT2D eigenvalue weighted by atomic mass is 32.2. The molecule has 1 aliphatic rings. The van der Waals surface area contributed by atoms with Gasteiger partial charge in [0.15, 0.2) is 0 Å². The first-order chi connectivity index (χ1) is 9.01. The van der Waals surface area contributed by atoms with Crippen LogP contribution in [0, 0.1) is 5.92 Å². The monoisotopic (exact) mass is 306 g/mol. The van der Waals surface area contributed by atoms with Crippen LogP contribution in [0.1, 0.15) is 18.5 Å². The molecule has 1 aromatic heterocycles. The molecule has 2 rings (SSSR count). The SMILES string of the molecule is NCC1CCCN(S(=O)(=O)NCc2csc(=O)[nH]2)C1. The first-order valence-electron chi connectivity index (χ1n) is 6.13. The fourth-order valence-electron chi connectivity index (χ4n) is 2.10. The van der Waals surface area contributed by atoms with Gasteiger partial charge in [-0.05, 0) is 25.3 Å². The lowest BCUT2D eigenvalue weighted by Crippen LogP contribution is -2.47. The minimum Gasteiger partial charge on any atom is -0.330 e. The molecule has 1 atom stereocenters. The number of piperidine rings is 1. The lowest BCUT2D eigenvalue weighted by molar-refractivity contribution is 0.268. The Morgan fingerprint density at radius 1 is 1.58 bits per heavy atom. The fourth-order valence-corrected chi connectivity index (χ4v) is 3.98. The summed E-state index contributed by atoms with van der Waals surface area (Å²) in [6, 6.07) is 0. The van der Waals surface area contributed by atoms with E-state index in [0.29, 0.717) is 25.3 Å². The van der Waals surface area contributed by atoms with Crippen LogP contribution >= 0.6 is 11.3 Å². The molecule has 1 saturated heterocycles. The van der Waals surface area contributed by atoms with E-state index < -0.39 is 10.2 Å². The number of nitrogens with one attached hydrogen (secondary N) is 2. The van der Waals surface area contributed by atoms with Gasteiger partial charge in [0.1, 0.15) is 0 Å². The predicted molar refractivity (Wildman–Crippen MR) is 74.1 cm³/mol. The van der Waals surface area contributed by atoms with Crippen LogP contribution in [0.2, 0.25) is 0 Å². The van der Waals surface area contributed by atoms with Crippen molar-refractivity contribution >= 4 is 21.5 Å². The third-order valence-electron chi connectivity index (χ3n) is 3.17. The number of thiazole rings is 1. The highest BCUT2D eigenvalue weighted by Gasteiger charge is 2.27. The molecule has 108 valence electrons. The molecule has 9 heteroatoms. The van der Waals surface area contributed by atoms with Gasteiger partial charge in [0, 0.05) is 24.2 Å². The van der Waals surface area contributed by atoms with E-state index in [9.17, 15) is 13.2 Å². The summed E-state index contributed by atoms with van der Waals surface area (Å²) >= 11 is 1.02. The zero-order valence-electron chi connectivity index (χ0n) is 10.5. The molecule has 1 unspecified atom stereocenters. The Balaban J connectivity index is 1.96. The molecule has 4 N–H and O–H groups in total. The number of rotatable bonds is 5. The van der Waals surface area contributed by atoms with Gasteiger partial charge in [-0.2, -0.15) is 17.4 Å². The van der Waals surface area contributed by atoms with Crippen LogP contribution in [0.25, 0.3) is 0 Å². The van der Waals surface area contributed by atoms with Crippen molar-refractivity contribution in [3.8, 4) is 0 Å². The lowest BCUT2D eigenvalue weighted by atomic mass is 10.0. The van der Waals surface area contributed by atoms with E-state index >= 15 is 0 Å². The molecular formula is C10H18N4O3S2. The Morgan fingerprint density at radius 2 is 2.37 bits per heavy atom. The smallest absolute Gasteiger partial charge is 0.304 e. The Kier molecular flexibility index (Phi) is 4.74. The summed E-state index contributed by atoms with van der Waals surface area (Å²) in [6.07, 6.45) is 1.80. The summed E-state index contributed by atoms with van der Waals surface area (Å²) in [4.78, 5) is 13.3. The molecular weight excluding hydrogens is 288 g/mol. The predicted octanol–water partition coefficient (Wildman–Crippen LogP) is -0.558. The molecule has 1 fully saturated rings. The van der Waals surface area contributed by atoms with Crippen molar-refractivity contribution in [2.75, 3.05) is 19.6 Å². The second-order valence-corrected chi connectivity index (χ2v) is 7.20. The van der Waals surface area contributed by atoms with Crippen molar-refractivity contribution in [1.29, 1.82) is 0 Å². The quantitative estimate of drug-likeness (QED) is 0.677. The maximum absolute atomic E-state index is 12.1. The molecule has 0 radical (unpaired) electrons. The summed E-state index contributed by atoms with van der Waals surface area (Å²) in [7, 11) is -3.50. The molecule has 0 amide bonds. The second-order valence-electron chi connectivity index (χ2n) is 4.60. The number of hydrogen-bond donors (Lipinski definition) is 3. The molecule has 0 aromatic carbocycles. The highest BCUT2D eigenvalue weighted by molar-refractivity contribution is 7.87. The summed E-state index contributed by atoms with van der Waals surface area (Å²) < 4.78 is 28.2. The Hall–Kier alpha value is -0.740. The highest BCUT2D eigenvalue weighted by Crippen LogP contribution is 2.17. The Morgan fingerprint density at radius 3 is 3.00 bits per heavy atom. The molecule has 1 aromatic rings. The maximum atomic E-state index is 12.1. The van der Waals surface area contributed by atoms with Crippen molar-refractivity contribution in [1.82, 2.24) is 14.0 Å². The molecule has 7 nitrogen and oxygen atoms in total. The first kappa shape index (κ1) is 14.7. The summed E-state index contributed by atoms with van der Waals surface area (Å²) in [5.41, 5.74) is 6.17. The molecule has 2 heterocycles. The molecule has 19 heavy (non-hydrogen) atoms. The first-order valence-corrected chi connectivity index (χ1v) is 8.44.